The number of ketones is 1. The monoisotopic (exact) mass is 363 g/mol. The van der Waals surface area contributed by atoms with Crippen molar-refractivity contribution in [1.29, 1.82) is 0 Å². The Bertz CT molecular complexity index is 798. The Morgan fingerprint density at radius 1 is 1.26 bits per heavy atom. The minimum Gasteiger partial charge on any atom is -0.303 e. The van der Waals surface area contributed by atoms with E-state index in [9.17, 15) is 9.59 Å². The molecule has 1 aromatic rings. The topological polar surface area (TPSA) is 46.5 Å². The van der Waals surface area contributed by atoms with Crippen LogP contribution >= 0.6 is 0 Å². The summed E-state index contributed by atoms with van der Waals surface area (Å²) in [6.45, 7) is 7.86. The van der Waals surface area contributed by atoms with E-state index in [2.05, 4.69) is 22.9 Å². The average molecular weight is 364 g/mol. The molecule has 0 spiro atoms. The number of benzene rings is 1. The van der Waals surface area contributed by atoms with Gasteiger partial charge in [0.25, 0.3) is 0 Å². The van der Waals surface area contributed by atoms with Crippen LogP contribution in [0.25, 0.3) is 0 Å². The Morgan fingerprint density at radius 2 is 1.96 bits per heavy atom. The molecular weight excluding hydrogens is 334 g/mol. The molecule has 0 saturated heterocycles. The lowest BCUT2D eigenvalue weighted by atomic mass is 9.83. The number of nitrogens with zero attached hydrogens (tertiary/aromatic N) is 1. The number of hydrogen-bond acceptors (Lipinski definition) is 3. The van der Waals surface area contributed by atoms with Gasteiger partial charge in [-0.1, -0.05) is 18.9 Å². The summed E-state index contributed by atoms with van der Waals surface area (Å²) in [5, 5.41) is 0. The van der Waals surface area contributed by atoms with E-state index in [1.54, 1.807) is 0 Å². The molecule has 0 saturated carbocycles. The Labute approximate surface area is 163 Å². The van der Waals surface area contributed by atoms with Gasteiger partial charge in [-0.05, 0) is 68.9 Å². The summed E-state index contributed by atoms with van der Waals surface area (Å²) in [5.41, 5.74) is 5.12. The van der Waals surface area contributed by atoms with Gasteiger partial charge in [0.2, 0.25) is 0 Å². The van der Waals surface area contributed by atoms with Crippen molar-refractivity contribution in [3.8, 4) is 11.8 Å². The van der Waals surface area contributed by atoms with E-state index < -0.39 is 0 Å². The number of Topliss-reactive ketones (excluding diaryl/α,β-unsaturated/α-hetero) is 1. The summed E-state index contributed by atoms with van der Waals surface area (Å²) in [6, 6.07) is 4.09. The number of allylic oxidation sites excluding steroid dienone is 2. The fourth-order valence-corrected chi connectivity index (χ4v) is 3.83. The van der Waals surface area contributed by atoms with Crippen LogP contribution in [0.3, 0.4) is 0 Å². The highest BCUT2D eigenvalue weighted by Gasteiger charge is 2.25. The van der Waals surface area contributed by atoms with Crippen molar-refractivity contribution in [2.75, 3.05) is 0 Å². The van der Waals surface area contributed by atoms with Gasteiger partial charge in [-0.3, -0.25) is 9.79 Å². The molecule has 0 bridgehead atoms. The van der Waals surface area contributed by atoms with Crippen LogP contribution in [0.15, 0.2) is 28.9 Å². The maximum absolute atomic E-state index is 13.0. The van der Waals surface area contributed by atoms with Crippen molar-refractivity contribution in [2.45, 2.75) is 65.7 Å². The summed E-state index contributed by atoms with van der Waals surface area (Å²) >= 11 is 0. The molecule has 1 aromatic carbocycles. The third kappa shape index (κ3) is 5.50. The number of aliphatic imine (C=N–C) groups is 1. The van der Waals surface area contributed by atoms with Crippen LogP contribution in [0.1, 0.15) is 74.1 Å². The van der Waals surface area contributed by atoms with E-state index in [1.807, 2.05) is 46.0 Å². The minimum absolute atomic E-state index is 0.127. The second kappa shape index (κ2) is 10.0. The smallest absolute Gasteiger partial charge is 0.140 e. The predicted molar refractivity (Wildman–Crippen MR) is 111 cm³/mol. The summed E-state index contributed by atoms with van der Waals surface area (Å²) in [4.78, 5) is 28.7. The first-order valence-electron chi connectivity index (χ1n) is 9.70. The van der Waals surface area contributed by atoms with E-state index in [-0.39, 0.29) is 17.6 Å². The van der Waals surface area contributed by atoms with Gasteiger partial charge in [0.05, 0.1) is 0 Å². The first kappa shape index (κ1) is 20.8. The van der Waals surface area contributed by atoms with Crippen molar-refractivity contribution in [2.24, 2.45) is 10.9 Å². The molecule has 1 aliphatic heterocycles. The molecule has 0 fully saturated rings. The van der Waals surface area contributed by atoms with Crippen LogP contribution in [0.4, 0.5) is 0 Å². The van der Waals surface area contributed by atoms with Crippen LogP contribution < -0.4 is 0 Å². The Balaban J connectivity index is 2.23. The SMILES string of the molecule is CC#Cc1cc(C)c(C(C)C(=O)CC(CC=O)C2=CCCCC=N2)c(C)c1. The third-order valence-corrected chi connectivity index (χ3v) is 5.16. The lowest BCUT2D eigenvalue weighted by Gasteiger charge is -2.20. The zero-order chi connectivity index (χ0) is 19.8. The fraction of sp³-hybridized carbons (Fsp3) is 0.458. The van der Waals surface area contributed by atoms with Crippen LogP contribution in [0.5, 0.6) is 0 Å². The van der Waals surface area contributed by atoms with Crippen LogP contribution in [-0.4, -0.2) is 18.3 Å². The first-order chi connectivity index (χ1) is 13.0. The van der Waals surface area contributed by atoms with Gasteiger partial charge in [0.1, 0.15) is 12.1 Å². The highest BCUT2D eigenvalue weighted by Crippen LogP contribution is 2.30. The Kier molecular flexibility index (Phi) is 7.73. The highest BCUT2D eigenvalue weighted by atomic mass is 16.1. The van der Waals surface area contributed by atoms with Gasteiger partial charge in [-0.2, -0.15) is 0 Å². The molecule has 0 N–H and O–H groups in total. The summed E-state index contributed by atoms with van der Waals surface area (Å²) in [6.07, 6.45) is 8.55. The predicted octanol–water partition coefficient (Wildman–Crippen LogP) is 5.08. The highest BCUT2D eigenvalue weighted by molar-refractivity contribution is 5.87. The van der Waals surface area contributed by atoms with Crippen molar-refractivity contribution in [3.63, 3.8) is 0 Å². The zero-order valence-electron chi connectivity index (χ0n) is 16.8. The van der Waals surface area contributed by atoms with Gasteiger partial charge in [0.15, 0.2) is 0 Å². The minimum atomic E-state index is -0.210. The normalized spacial score (nSPS) is 15.8. The maximum Gasteiger partial charge on any atom is 0.140 e. The van der Waals surface area contributed by atoms with Gasteiger partial charge in [0, 0.05) is 42.2 Å². The average Bonchev–Trinajstić information content (AvgIpc) is 2.90. The van der Waals surface area contributed by atoms with E-state index in [4.69, 9.17) is 0 Å². The number of carbonyl (C=O) groups is 2. The van der Waals surface area contributed by atoms with Gasteiger partial charge < -0.3 is 4.79 Å². The number of aldehydes is 1. The Morgan fingerprint density at radius 3 is 2.59 bits per heavy atom. The van der Waals surface area contributed by atoms with Gasteiger partial charge in [-0.15, -0.1) is 5.92 Å². The van der Waals surface area contributed by atoms with Gasteiger partial charge >= 0.3 is 0 Å². The molecule has 27 heavy (non-hydrogen) atoms. The first-order valence-corrected chi connectivity index (χ1v) is 9.70. The molecule has 1 heterocycles. The zero-order valence-corrected chi connectivity index (χ0v) is 16.8. The molecule has 0 aromatic heterocycles. The molecule has 2 atom stereocenters. The molecule has 2 unspecified atom stereocenters. The van der Waals surface area contributed by atoms with Crippen molar-refractivity contribution >= 4 is 18.3 Å². The molecule has 3 nitrogen and oxygen atoms in total. The molecule has 142 valence electrons. The van der Waals surface area contributed by atoms with Crippen LogP contribution in [0, 0.1) is 31.6 Å². The summed E-state index contributed by atoms with van der Waals surface area (Å²) in [7, 11) is 0. The number of carbonyl (C=O) groups excluding carboxylic acids is 2. The van der Waals surface area contributed by atoms with E-state index in [0.717, 1.165) is 53.5 Å². The molecular formula is C24H29NO2. The molecule has 0 amide bonds. The summed E-state index contributed by atoms with van der Waals surface area (Å²) < 4.78 is 0. The third-order valence-electron chi connectivity index (χ3n) is 5.16. The number of rotatable bonds is 7. The van der Waals surface area contributed by atoms with Crippen LogP contribution in [0.2, 0.25) is 0 Å². The van der Waals surface area contributed by atoms with E-state index >= 15 is 0 Å². The summed E-state index contributed by atoms with van der Waals surface area (Å²) in [5.74, 6) is 5.83. The molecule has 3 heteroatoms. The number of hydrogen-bond donors (Lipinski definition) is 0. The van der Waals surface area contributed by atoms with Crippen LogP contribution in [-0.2, 0) is 9.59 Å². The second-order valence-corrected chi connectivity index (χ2v) is 7.26. The largest absolute Gasteiger partial charge is 0.303 e. The van der Waals surface area contributed by atoms with Gasteiger partial charge in [-0.25, -0.2) is 0 Å². The van der Waals surface area contributed by atoms with E-state index in [1.165, 1.54) is 0 Å². The molecule has 1 aliphatic rings. The van der Waals surface area contributed by atoms with Crippen molar-refractivity contribution in [1.82, 2.24) is 0 Å². The van der Waals surface area contributed by atoms with E-state index in [0.29, 0.717) is 12.8 Å². The lowest BCUT2D eigenvalue weighted by Crippen LogP contribution is -2.18. The molecule has 2 rings (SSSR count). The quantitative estimate of drug-likeness (QED) is 0.501. The van der Waals surface area contributed by atoms with Crippen molar-refractivity contribution in [3.05, 3.63) is 46.2 Å². The molecule has 0 aliphatic carbocycles. The Hall–Kier alpha value is -2.47. The lowest BCUT2D eigenvalue weighted by molar-refractivity contribution is -0.121. The number of aryl methyl sites for hydroxylation is 2. The molecule has 0 radical (unpaired) electrons. The standard InChI is InChI=1S/C24H29NO2/c1-5-9-20-14-17(2)24(18(3)15-20)19(4)23(27)16-21(11-13-26)22-10-7-6-8-12-25-22/h10,12-15,19,21H,6-8,11,16H2,1-4H3. The fourth-order valence-electron chi connectivity index (χ4n) is 3.83. The van der Waals surface area contributed by atoms with Crippen molar-refractivity contribution < 1.29 is 9.59 Å². The maximum atomic E-state index is 13.0. The second-order valence-electron chi connectivity index (χ2n) is 7.26.